The van der Waals surface area contributed by atoms with Crippen LogP contribution in [0, 0.1) is 6.92 Å². The minimum absolute atomic E-state index is 0.0758. The molecule has 0 radical (unpaired) electrons. The van der Waals surface area contributed by atoms with Crippen LogP contribution in [0.25, 0.3) is 11.0 Å². The van der Waals surface area contributed by atoms with Gasteiger partial charge < -0.3 is 13.9 Å². The molecule has 1 amide bonds. The summed E-state index contributed by atoms with van der Waals surface area (Å²) in [5.41, 5.74) is 1.13. The zero-order valence-electron chi connectivity index (χ0n) is 18.2. The van der Waals surface area contributed by atoms with Gasteiger partial charge in [-0.05, 0) is 42.8 Å². The average molecular weight is 497 g/mol. The Morgan fingerprint density at radius 1 is 1.15 bits per heavy atom. The number of methoxy groups -OCH3 is 2. The first-order valence-corrected chi connectivity index (χ1v) is 11.3. The highest BCUT2D eigenvalue weighted by molar-refractivity contribution is 7.17. The molecule has 0 N–H and O–H groups in total. The number of fused-ring (bicyclic) bond motifs is 2. The van der Waals surface area contributed by atoms with E-state index in [1.807, 2.05) is 0 Å². The van der Waals surface area contributed by atoms with Crippen molar-refractivity contribution in [1.29, 1.82) is 0 Å². The number of nitrogens with zero attached hydrogens (tertiary/aromatic N) is 2. The molecule has 0 spiro atoms. The van der Waals surface area contributed by atoms with Gasteiger partial charge in [0, 0.05) is 5.02 Å². The van der Waals surface area contributed by atoms with Crippen molar-refractivity contribution in [2.45, 2.75) is 13.0 Å². The van der Waals surface area contributed by atoms with Crippen molar-refractivity contribution >= 4 is 50.9 Å². The first-order chi connectivity index (χ1) is 16.3. The van der Waals surface area contributed by atoms with Gasteiger partial charge in [0.1, 0.15) is 16.2 Å². The Labute approximate surface area is 202 Å². The summed E-state index contributed by atoms with van der Waals surface area (Å²) in [6.07, 6.45) is 0. The van der Waals surface area contributed by atoms with Gasteiger partial charge in [-0.2, -0.15) is 0 Å². The number of hydrogen-bond acceptors (Lipinski definition) is 8. The van der Waals surface area contributed by atoms with E-state index in [0.29, 0.717) is 22.0 Å². The number of amides is 1. The number of benzene rings is 2. The second kappa shape index (κ2) is 8.27. The van der Waals surface area contributed by atoms with Gasteiger partial charge in [0.15, 0.2) is 10.6 Å². The Kier molecular flexibility index (Phi) is 5.38. The molecule has 0 saturated carbocycles. The van der Waals surface area contributed by atoms with E-state index in [2.05, 4.69) is 4.98 Å². The van der Waals surface area contributed by atoms with Crippen LogP contribution in [-0.4, -0.2) is 31.1 Å². The van der Waals surface area contributed by atoms with Crippen molar-refractivity contribution in [3.63, 3.8) is 0 Å². The van der Waals surface area contributed by atoms with Gasteiger partial charge in [0.2, 0.25) is 5.76 Å². The summed E-state index contributed by atoms with van der Waals surface area (Å²) < 4.78 is 16.0. The zero-order chi connectivity index (χ0) is 24.1. The SMILES string of the molecule is COC(=O)c1sc(N2C(=O)c3oc4ccc(Cl)cc4c(=O)c3C2c2ccc(OC)cc2)nc1C. The lowest BCUT2D eigenvalue weighted by molar-refractivity contribution is 0.0605. The third-order valence-corrected chi connectivity index (χ3v) is 7.00. The summed E-state index contributed by atoms with van der Waals surface area (Å²) in [5, 5.41) is 0.891. The molecule has 1 aliphatic rings. The number of carbonyl (C=O) groups is 2. The minimum Gasteiger partial charge on any atom is -0.497 e. The van der Waals surface area contributed by atoms with Crippen molar-refractivity contribution in [2.24, 2.45) is 0 Å². The van der Waals surface area contributed by atoms with Gasteiger partial charge in [-0.15, -0.1) is 0 Å². The number of esters is 1. The van der Waals surface area contributed by atoms with Crippen molar-refractivity contribution in [2.75, 3.05) is 19.1 Å². The smallest absolute Gasteiger partial charge is 0.350 e. The summed E-state index contributed by atoms with van der Waals surface area (Å²) in [4.78, 5) is 45.5. The molecule has 2 aromatic heterocycles. The van der Waals surface area contributed by atoms with Gasteiger partial charge >= 0.3 is 5.97 Å². The Bertz CT molecular complexity index is 1530. The molecular weight excluding hydrogens is 480 g/mol. The maximum atomic E-state index is 13.6. The van der Waals surface area contributed by atoms with Crippen LogP contribution >= 0.6 is 22.9 Å². The van der Waals surface area contributed by atoms with Gasteiger partial charge in [-0.25, -0.2) is 9.78 Å². The number of thiazole rings is 1. The molecule has 2 aromatic carbocycles. The molecule has 1 atom stereocenters. The van der Waals surface area contributed by atoms with Gasteiger partial charge in [0.25, 0.3) is 5.91 Å². The van der Waals surface area contributed by atoms with Crippen LogP contribution in [0.4, 0.5) is 5.13 Å². The number of halogens is 1. The number of ether oxygens (including phenoxy) is 2. The molecular formula is C24H17ClN2O6S. The van der Waals surface area contributed by atoms with E-state index in [0.717, 1.165) is 11.3 Å². The maximum absolute atomic E-state index is 13.6. The number of hydrogen-bond donors (Lipinski definition) is 0. The summed E-state index contributed by atoms with van der Waals surface area (Å²) >= 11 is 7.13. The lowest BCUT2D eigenvalue weighted by Crippen LogP contribution is -2.29. The number of rotatable bonds is 4. The monoisotopic (exact) mass is 496 g/mol. The minimum atomic E-state index is -0.830. The first kappa shape index (κ1) is 22.1. The molecule has 0 aliphatic carbocycles. The molecule has 8 nitrogen and oxygen atoms in total. The highest BCUT2D eigenvalue weighted by atomic mass is 35.5. The van der Waals surface area contributed by atoms with Crippen LogP contribution in [0.1, 0.15) is 43.1 Å². The third-order valence-electron chi connectivity index (χ3n) is 5.63. The highest BCUT2D eigenvalue weighted by Gasteiger charge is 2.45. The molecule has 1 aliphatic heterocycles. The normalized spacial score (nSPS) is 15.0. The van der Waals surface area contributed by atoms with E-state index in [1.54, 1.807) is 50.4 Å². The predicted octanol–water partition coefficient (Wildman–Crippen LogP) is 4.76. The molecule has 0 fully saturated rings. The standard InChI is InChI=1S/C24H17ClN2O6S/c1-11-21(23(30)32-3)34-24(26-11)27-18(12-4-7-14(31-2)8-5-12)17-19(28)15-10-13(25)6-9-16(15)33-20(17)22(27)29/h4-10,18H,1-3H3. The second-order valence-electron chi connectivity index (χ2n) is 7.57. The van der Waals surface area contributed by atoms with E-state index < -0.39 is 17.9 Å². The Balaban J connectivity index is 1.77. The molecule has 0 saturated heterocycles. The van der Waals surface area contributed by atoms with Crippen molar-refractivity contribution in [1.82, 2.24) is 4.98 Å². The summed E-state index contributed by atoms with van der Waals surface area (Å²) in [7, 11) is 2.82. The first-order valence-electron chi connectivity index (χ1n) is 10.1. The van der Waals surface area contributed by atoms with Gasteiger partial charge in [-0.3, -0.25) is 14.5 Å². The number of carbonyl (C=O) groups excluding carboxylic acids is 2. The predicted molar refractivity (Wildman–Crippen MR) is 127 cm³/mol. The van der Waals surface area contributed by atoms with Gasteiger partial charge in [-0.1, -0.05) is 35.1 Å². The Morgan fingerprint density at radius 3 is 2.56 bits per heavy atom. The van der Waals surface area contributed by atoms with E-state index in [4.69, 9.17) is 25.5 Å². The van der Waals surface area contributed by atoms with E-state index >= 15 is 0 Å². The number of aromatic nitrogens is 1. The number of aryl methyl sites for hydroxylation is 1. The summed E-state index contributed by atoms with van der Waals surface area (Å²) in [6.45, 7) is 1.65. The fourth-order valence-corrected chi connectivity index (χ4v) is 5.20. The fraction of sp³-hybridized carbons (Fsp3) is 0.167. The quantitative estimate of drug-likeness (QED) is 0.376. The van der Waals surface area contributed by atoms with Crippen LogP contribution < -0.4 is 15.1 Å². The van der Waals surface area contributed by atoms with E-state index in [-0.39, 0.29) is 37.7 Å². The second-order valence-corrected chi connectivity index (χ2v) is 8.98. The maximum Gasteiger partial charge on any atom is 0.350 e. The van der Waals surface area contributed by atoms with Crippen molar-refractivity contribution in [3.8, 4) is 5.75 Å². The highest BCUT2D eigenvalue weighted by Crippen LogP contribution is 2.43. The third kappa shape index (κ3) is 3.36. The van der Waals surface area contributed by atoms with Crippen LogP contribution in [0.15, 0.2) is 51.7 Å². The van der Waals surface area contributed by atoms with Crippen LogP contribution in [-0.2, 0) is 4.74 Å². The van der Waals surface area contributed by atoms with Crippen molar-refractivity contribution in [3.05, 3.63) is 85.2 Å². The summed E-state index contributed by atoms with van der Waals surface area (Å²) in [6, 6.07) is 10.8. The molecule has 3 heterocycles. The lowest BCUT2D eigenvalue weighted by atomic mass is 9.98. The largest absolute Gasteiger partial charge is 0.497 e. The average Bonchev–Trinajstić information content (AvgIpc) is 3.36. The molecule has 10 heteroatoms. The van der Waals surface area contributed by atoms with Gasteiger partial charge in [0.05, 0.1) is 36.9 Å². The molecule has 172 valence electrons. The molecule has 34 heavy (non-hydrogen) atoms. The summed E-state index contributed by atoms with van der Waals surface area (Å²) in [5.74, 6) is -0.542. The zero-order valence-corrected chi connectivity index (χ0v) is 19.8. The van der Waals surface area contributed by atoms with Crippen LogP contribution in [0.5, 0.6) is 5.75 Å². The molecule has 0 bridgehead atoms. The molecule has 5 rings (SSSR count). The van der Waals surface area contributed by atoms with E-state index in [9.17, 15) is 14.4 Å². The fourth-order valence-electron chi connectivity index (χ4n) is 4.01. The molecule has 4 aromatic rings. The van der Waals surface area contributed by atoms with E-state index in [1.165, 1.54) is 18.1 Å². The van der Waals surface area contributed by atoms with Crippen LogP contribution in [0.2, 0.25) is 5.02 Å². The lowest BCUT2D eigenvalue weighted by Gasteiger charge is -2.22. The Hall–Kier alpha value is -3.69. The number of anilines is 1. The van der Waals surface area contributed by atoms with Crippen molar-refractivity contribution < 1.29 is 23.5 Å². The Morgan fingerprint density at radius 2 is 1.88 bits per heavy atom. The topological polar surface area (TPSA) is 98.9 Å². The van der Waals surface area contributed by atoms with Crippen LogP contribution in [0.3, 0.4) is 0 Å². The molecule has 1 unspecified atom stereocenters.